The minimum atomic E-state index is 0. The molecule has 2 nitrogen and oxygen atoms in total. The maximum atomic E-state index is 11.5. The molecule has 1 fully saturated rings. The highest BCUT2D eigenvalue weighted by Crippen LogP contribution is 2.32. The van der Waals surface area contributed by atoms with Gasteiger partial charge in [-0.05, 0) is 25.0 Å². The SMILES string of the molecule is CC.Nc1cccc(C(=O)C2CC2)c1.[HH]. The van der Waals surface area contributed by atoms with E-state index in [2.05, 4.69) is 0 Å². The van der Waals surface area contributed by atoms with Crippen LogP contribution in [0, 0.1) is 5.92 Å². The molecule has 0 spiro atoms. The Balaban J connectivity index is 0.000000617. The number of carbonyl (C=O) groups is 1. The first kappa shape index (κ1) is 10.8. The molecule has 2 heteroatoms. The molecular formula is C12H19NO. The lowest BCUT2D eigenvalue weighted by atomic mass is 10.1. The normalized spacial score (nSPS) is 14.1. The first-order valence-corrected chi connectivity index (χ1v) is 5.17. The summed E-state index contributed by atoms with van der Waals surface area (Å²) in [5.74, 6) is 0.536. The van der Waals surface area contributed by atoms with Crippen molar-refractivity contribution < 1.29 is 6.22 Å². The average Bonchev–Trinajstić information content (AvgIpc) is 3.03. The minimum absolute atomic E-state index is 0. The third kappa shape index (κ3) is 2.59. The Labute approximate surface area is 86.6 Å². The molecular weight excluding hydrogens is 174 g/mol. The van der Waals surface area contributed by atoms with Crippen molar-refractivity contribution in [1.29, 1.82) is 0 Å². The van der Waals surface area contributed by atoms with Crippen LogP contribution < -0.4 is 5.73 Å². The van der Waals surface area contributed by atoms with E-state index < -0.39 is 0 Å². The highest BCUT2D eigenvalue weighted by atomic mass is 16.1. The summed E-state index contributed by atoms with van der Waals surface area (Å²) in [6.45, 7) is 4.00. The Hall–Kier alpha value is -1.31. The Morgan fingerprint density at radius 1 is 1.43 bits per heavy atom. The van der Waals surface area contributed by atoms with Crippen LogP contribution in [-0.4, -0.2) is 5.78 Å². The fourth-order valence-corrected chi connectivity index (χ4v) is 1.27. The fourth-order valence-electron chi connectivity index (χ4n) is 1.27. The van der Waals surface area contributed by atoms with Crippen molar-refractivity contribution in [3.63, 3.8) is 0 Å². The van der Waals surface area contributed by atoms with Crippen molar-refractivity contribution in [2.24, 2.45) is 5.92 Å². The van der Waals surface area contributed by atoms with Crippen LogP contribution in [0.1, 0.15) is 38.5 Å². The summed E-state index contributed by atoms with van der Waals surface area (Å²) in [7, 11) is 0. The highest BCUT2D eigenvalue weighted by Gasteiger charge is 2.30. The first-order chi connectivity index (χ1) is 6.77. The second kappa shape index (κ2) is 4.80. The number of anilines is 1. The number of rotatable bonds is 2. The molecule has 0 radical (unpaired) electrons. The summed E-state index contributed by atoms with van der Waals surface area (Å²) in [5.41, 5.74) is 6.99. The predicted molar refractivity (Wildman–Crippen MR) is 61.4 cm³/mol. The van der Waals surface area contributed by atoms with E-state index >= 15 is 0 Å². The number of nitrogen functional groups attached to an aromatic ring is 1. The number of ketones is 1. The van der Waals surface area contributed by atoms with Gasteiger partial charge in [0.25, 0.3) is 0 Å². The zero-order valence-corrected chi connectivity index (χ0v) is 8.79. The van der Waals surface area contributed by atoms with E-state index in [4.69, 9.17) is 5.73 Å². The van der Waals surface area contributed by atoms with Crippen LogP contribution in [0.25, 0.3) is 0 Å². The lowest BCUT2D eigenvalue weighted by Gasteiger charge is -1.98. The van der Waals surface area contributed by atoms with Gasteiger partial charge in [0.2, 0.25) is 0 Å². The molecule has 0 heterocycles. The highest BCUT2D eigenvalue weighted by molar-refractivity contribution is 5.99. The van der Waals surface area contributed by atoms with Gasteiger partial charge in [0.15, 0.2) is 5.78 Å². The third-order valence-corrected chi connectivity index (χ3v) is 2.12. The number of nitrogens with two attached hydrogens (primary N) is 1. The van der Waals surface area contributed by atoms with Gasteiger partial charge in [0, 0.05) is 18.6 Å². The summed E-state index contributed by atoms with van der Waals surface area (Å²) in [6.07, 6.45) is 2.10. The number of hydrogen-bond donors (Lipinski definition) is 1. The van der Waals surface area contributed by atoms with Crippen LogP contribution in [0.5, 0.6) is 0 Å². The Morgan fingerprint density at radius 3 is 2.57 bits per heavy atom. The molecule has 2 N–H and O–H groups in total. The topological polar surface area (TPSA) is 43.1 Å². The molecule has 0 aromatic heterocycles. The molecule has 0 atom stereocenters. The Morgan fingerprint density at radius 2 is 2.07 bits per heavy atom. The van der Waals surface area contributed by atoms with Crippen LogP contribution in [0.15, 0.2) is 24.3 Å². The molecule has 0 bridgehead atoms. The molecule has 1 aromatic rings. The summed E-state index contributed by atoms with van der Waals surface area (Å²) in [5, 5.41) is 0. The predicted octanol–water partition coefficient (Wildman–Crippen LogP) is 3.13. The first-order valence-electron chi connectivity index (χ1n) is 5.17. The van der Waals surface area contributed by atoms with Gasteiger partial charge in [0.1, 0.15) is 0 Å². The molecule has 1 aliphatic carbocycles. The van der Waals surface area contributed by atoms with Gasteiger partial charge in [-0.3, -0.25) is 4.79 Å². The summed E-state index contributed by atoms with van der Waals surface area (Å²) in [6, 6.07) is 7.20. The van der Waals surface area contributed by atoms with E-state index in [0.29, 0.717) is 5.69 Å². The lowest BCUT2D eigenvalue weighted by Crippen LogP contribution is -2.01. The Bertz CT molecular complexity index is 321. The van der Waals surface area contributed by atoms with Gasteiger partial charge in [0.05, 0.1) is 0 Å². The minimum Gasteiger partial charge on any atom is -0.399 e. The second-order valence-electron chi connectivity index (χ2n) is 3.26. The second-order valence-corrected chi connectivity index (χ2v) is 3.26. The molecule has 1 saturated carbocycles. The standard InChI is InChI=1S/C10H11NO.C2H6.H2/c11-9-3-1-2-8(6-9)10(12)7-4-5-7;1-2;/h1-3,6-7H,4-5,11H2;1-2H3;1H. The number of benzene rings is 1. The Kier molecular flexibility index (Phi) is 3.69. The van der Waals surface area contributed by atoms with E-state index in [1.807, 2.05) is 26.0 Å². The van der Waals surface area contributed by atoms with Gasteiger partial charge >= 0.3 is 0 Å². The van der Waals surface area contributed by atoms with Gasteiger partial charge < -0.3 is 5.73 Å². The van der Waals surface area contributed by atoms with Gasteiger partial charge in [-0.25, -0.2) is 0 Å². The quantitative estimate of drug-likeness (QED) is 0.579. The van der Waals surface area contributed by atoms with Crippen LogP contribution in [-0.2, 0) is 0 Å². The molecule has 0 aliphatic heterocycles. The molecule has 0 saturated heterocycles. The van der Waals surface area contributed by atoms with Gasteiger partial charge in [-0.1, -0.05) is 26.0 Å². The lowest BCUT2D eigenvalue weighted by molar-refractivity contribution is 0.0967. The molecule has 78 valence electrons. The van der Waals surface area contributed by atoms with Crippen molar-refractivity contribution >= 4 is 11.5 Å². The summed E-state index contributed by atoms with van der Waals surface area (Å²) in [4.78, 5) is 11.5. The monoisotopic (exact) mass is 193 g/mol. The summed E-state index contributed by atoms with van der Waals surface area (Å²) < 4.78 is 0. The number of carbonyl (C=O) groups excluding carboxylic acids is 1. The number of Topliss-reactive ketones (excluding diaryl/α,β-unsaturated/α-hetero) is 1. The van der Waals surface area contributed by atoms with Crippen molar-refractivity contribution in [2.75, 3.05) is 5.73 Å². The van der Waals surface area contributed by atoms with Gasteiger partial charge in [-0.15, -0.1) is 0 Å². The van der Waals surface area contributed by atoms with Crippen LogP contribution >= 0.6 is 0 Å². The molecule has 1 aromatic carbocycles. The molecule has 14 heavy (non-hydrogen) atoms. The van der Waals surface area contributed by atoms with E-state index in [1.165, 1.54) is 0 Å². The largest absolute Gasteiger partial charge is 0.399 e. The fraction of sp³-hybridized carbons (Fsp3) is 0.417. The van der Waals surface area contributed by atoms with Crippen molar-refractivity contribution in [3.8, 4) is 0 Å². The van der Waals surface area contributed by atoms with Crippen molar-refractivity contribution in [1.82, 2.24) is 0 Å². The maximum Gasteiger partial charge on any atom is 0.166 e. The van der Waals surface area contributed by atoms with Gasteiger partial charge in [-0.2, -0.15) is 0 Å². The summed E-state index contributed by atoms with van der Waals surface area (Å²) >= 11 is 0. The van der Waals surface area contributed by atoms with Crippen LogP contribution in [0.3, 0.4) is 0 Å². The molecule has 2 rings (SSSR count). The van der Waals surface area contributed by atoms with Crippen molar-refractivity contribution in [2.45, 2.75) is 26.7 Å². The third-order valence-electron chi connectivity index (χ3n) is 2.12. The maximum absolute atomic E-state index is 11.5. The molecule has 0 unspecified atom stereocenters. The molecule has 1 aliphatic rings. The number of hydrogen-bond acceptors (Lipinski definition) is 2. The van der Waals surface area contributed by atoms with E-state index in [9.17, 15) is 4.79 Å². The van der Waals surface area contributed by atoms with E-state index in [1.54, 1.807) is 12.1 Å². The molecule has 0 amide bonds. The van der Waals surface area contributed by atoms with Crippen molar-refractivity contribution in [3.05, 3.63) is 29.8 Å². The zero-order valence-electron chi connectivity index (χ0n) is 8.79. The average molecular weight is 193 g/mol. The smallest absolute Gasteiger partial charge is 0.166 e. The van der Waals surface area contributed by atoms with E-state index in [-0.39, 0.29) is 13.1 Å². The van der Waals surface area contributed by atoms with Crippen LogP contribution in [0.2, 0.25) is 0 Å². The van der Waals surface area contributed by atoms with E-state index in [0.717, 1.165) is 18.4 Å². The zero-order chi connectivity index (χ0) is 10.6. The van der Waals surface area contributed by atoms with Crippen LogP contribution in [0.4, 0.5) is 5.69 Å².